The Morgan fingerprint density at radius 3 is 2.20 bits per heavy atom. The van der Waals surface area contributed by atoms with E-state index < -0.39 is 30.4 Å². The summed E-state index contributed by atoms with van der Waals surface area (Å²) < 4.78 is 10.3. The zero-order valence-corrected chi connectivity index (χ0v) is 15.9. The van der Waals surface area contributed by atoms with E-state index in [1.807, 2.05) is 6.92 Å². The minimum atomic E-state index is -1.36. The molecule has 0 spiro atoms. The normalized spacial score (nSPS) is 15.2. The number of hydrogen-bond acceptors (Lipinski definition) is 7. The van der Waals surface area contributed by atoms with Crippen molar-refractivity contribution in [2.24, 2.45) is 0 Å². The summed E-state index contributed by atoms with van der Waals surface area (Å²) in [6.45, 7) is 1.71. The van der Waals surface area contributed by atoms with Crippen LogP contribution < -0.4 is 24.8 Å². The molecule has 1 fully saturated rings. The number of carbonyl (C=O) groups is 4. The molecule has 1 saturated heterocycles. The van der Waals surface area contributed by atoms with Gasteiger partial charge in [-0.3, -0.25) is 14.9 Å². The summed E-state index contributed by atoms with van der Waals surface area (Å²) in [6, 6.07) is 11.5. The topological polar surface area (TPSA) is 125 Å². The number of nitrogens with one attached hydrogen (secondary N) is 1. The molecule has 154 valence electrons. The number of carboxylic acid groups (broad SMARTS) is 1. The van der Waals surface area contributed by atoms with Gasteiger partial charge in [-0.2, -0.15) is 0 Å². The van der Waals surface area contributed by atoms with E-state index in [4.69, 9.17) is 9.47 Å². The third kappa shape index (κ3) is 4.64. The fraction of sp³-hybridized carbons (Fsp3) is 0.143. The molecule has 3 rings (SSSR count). The summed E-state index contributed by atoms with van der Waals surface area (Å²) in [6.07, 6.45) is 1.33. The second-order valence-electron chi connectivity index (χ2n) is 6.11. The first-order valence-corrected chi connectivity index (χ1v) is 8.96. The highest BCUT2D eigenvalue weighted by molar-refractivity contribution is 6.39. The predicted molar refractivity (Wildman–Crippen MR) is 104 cm³/mol. The lowest BCUT2D eigenvalue weighted by Crippen LogP contribution is -2.54. The average molecular weight is 409 g/mol. The van der Waals surface area contributed by atoms with Crippen molar-refractivity contribution in [3.05, 3.63) is 59.7 Å². The van der Waals surface area contributed by atoms with Crippen molar-refractivity contribution in [1.29, 1.82) is 0 Å². The van der Waals surface area contributed by atoms with E-state index in [0.29, 0.717) is 17.9 Å². The molecule has 0 bridgehead atoms. The number of nitrogens with zero attached hydrogens (tertiary/aromatic N) is 1. The third-order valence-corrected chi connectivity index (χ3v) is 4.06. The average Bonchev–Trinajstić information content (AvgIpc) is 2.72. The van der Waals surface area contributed by atoms with Crippen LogP contribution in [0.5, 0.6) is 11.5 Å². The standard InChI is InChI=1S/C21H18N2O7/c1-2-29-15-9-5-14(6-10-15)23-20(27)17(19(26)22-21(23)28)11-13-3-7-16(8-4-13)30-12-18(24)25/h3-11H,2,12H2,1H3,(H,24,25)(H,22,26,28)/p-1/b17-11-. The van der Waals surface area contributed by atoms with E-state index >= 15 is 0 Å². The molecule has 0 saturated carbocycles. The van der Waals surface area contributed by atoms with Gasteiger partial charge in [0.25, 0.3) is 11.8 Å². The molecule has 0 unspecified atom stereocenters. The number of barbiturate groups is 1. The molecule has 4 amide bonds. The zero-order valence-electron chi connectivity index (χ0n) is 15.9. The van der Waals surface area contributed by atoms with Crippen molar-refractivity contribution in [3.63, 3.8) is 0 Å². The van der Waals surface area contributed by atoms with E-state index in [2.05, 4.69) is 5.32 Å². The number of rotatable bonds is 7. The lowest BCUT2D eigenvalue weighted by Gasteiger charge is -2.26. The van der Waals surface area contributed by atoms with Gasteiger partial charge in [-0.1, -0.05) is 12.1 Å². The Labute approximate surface area is 171 Å². The van der Waals surface area contributed by atoms with E-state index in [1.165, 1.54) is 30.3 Å². The molecule has 0 atom stereocenters. The first-order valence-electron chi connectivity index (χ1n) is 8.96. The number of amides is 4. The van der Waals surface area contributed by atoms with Crippen LogP contribution in [0.4, 0.5) is 10.5 Å². The predicted octanol–water partition coefficient (Wildman–Crippen LogP) is 0.880. The molecule has 9 heteroatoms. The van der Waals surface area contributed by atoms with Crippen molar-refractivity contribution in [1.82, 2.24) is 5.32 Å². The van der Waals surface area contributed by atoms with Crippen molar-refractivity contribution >= 4 is 35.6 Å². The molecule has 30 heavy (non-hydrogen) atoms. The first-order chi connectivity index (χ1) is 14.4. The summed E-state index contributed by atoms with van der Waals surface area (Å²) in [5.74, 6) is -2.08. The maximum Gasteiger partial charge on any atom is 0.335 e. The maximum atomic E-state index is 12.9. The van der Waals surface area contributed by atoms with Gasteiger partial charge >= 0.3 is 6.03 Å². The number of hydrogen-bond donors (Lipinski definition) is 1. The van der Waals surface area contributed by atoms with Crippen LogP contribution >= 0.6 is 0 Å². The fourth-order valence-electron chi connectivity index (χ4n) is 2.72. The molecule has 1 heterocycles. The smallest absolute Gasteiger partial charge is 0.335 e. The summed E-state index contributed by atoms with van der Waals surface area (Å²) in [4.78, 5) is 48.6. The summed E-state index contributed by atoms with van der Waals surface area (Å²) >= 11 is 0. The highest BCUT2D eigenvalue weighted by Crippen LogP contribution is 2.24. The van der Waals surface area contributed by atoms with Crippen LogP contribution in [0.15, 0.2) is 54.1 Å². The Bertz CT molecular complexity index is 1010. The van der Waals surface area contributed by atoms with Crippen LogP contribution in [-0.4, -0.2) is 37.0 Å². The highest BCUT2D eigenvalue weighted by Gasteiger charge is 2.36. The van der Waals surface area contributed by atoms with Gasteiger partial charge < -0.3 is 19.4 Å². The monoisotopic (exact) mass is 409 g/mol. The Morgan fingerprint density at radius 2 is 1.60 bits per heavy atom. The highest BCUT2D eigenvalue weighted by atomic mass is 16.5. The minimum Gasteiger partial charge on any atom is -0.546 e. The van der Waals surface area contributed by atoms with Crippen LogP contribution in [0, 0.1) is 0 Å². The molecule has 0 aliphatic carbocycles. The second kappa shape index (κ2) is 8.91. The molecular formula is C21H17N2O7-. The lowest BCUT2D eigenvalue weighted by molar-refractivity contribution is -0.307. The fourth-order valence-corrected chi connectivity index (χ4v) is 2.72. The van der Waals surface area contributed by atoms with Crippen molar-refractivity contribution in [3.8, 4) is 11.5 Å². The number of benzene rings is 2. The molecule has 2 aromatic carbocycles. The Balaban J connectivity index is 1.83. The largest absolute Gasteiger partial charge is 0.546 e. The molecule has 0 radical (unpaired) electrons. The van der Waals surface area contributed by atoms with Gasteiger partial charge in [0.1, 0.15) is 23.7 Å². The zero-order chi connectivity index (χ0) is 21.7. The molecule has 1 aliphatic heterocycles. The first kappa shape index (κ1) is 20.6. The summed E-state index contributed by atoms with van der Waals surface area (Å²) in [7, 11) is 0. The van der Waals surface area contributed by atoms with Crippen LogP contribution in [0.3, 0.4) is 0 Å². The van der Waals surface area contributed by atoms with Crippen LogP contribution in [0.25, 0.3) is 6.08 Å². The molecule has 0 aromatic heterocycles. The number of ether oxygens (including phenoxy) is 2. The molecule has 9 nitrogen and oxygen atoms in total. The number of urea groups is 1. The van der Waals surface area contributed by atoms with Gasteiger partial charge in [0.15, 0.2) is 0 Å². The van der Waals surface area contributed by atoms with Crippen molar-refractivity contribution < 1.29 is 33.8 Å². The quantitative estimate of drug-likeness (QED) is 0.532. The van der Waals surface area contributed by atoms with Crippen LogP contribution in [-0.2, 0) is 14.4 Å². The Kier molecular flexibility index (Phi) is 6.11. The second-order valence-corrected chi connectivity index (χ2v) is 6.11. The molecular weight excluding hydrogens is 392 g/mol. The van der Waals surface area contributed by atoms with Gasteiger partial charge in [0.05, 0.1) is 18.3 Å². The lowest BCUT2D eigenvalue weighted by atomic mass is 10.1. The summed E-state index contributed by atoms with van der Waals surface area (Å²) in [5.41, 5.74) is 0.535. The van der Waals surface area contributed by atoms with E-state index in [-0.39, 0.29) is 17.0 Å². The molecule has 2 aromatic rings. The number of carbonyl (C=O) groups excluding carboxylic acids is 4. The van der Waals surface area contributed by atoms with Gasteiger partial charge in [0.2, 0.25) is 0 Å². The van der Waals surface area contributed by atoms with Gasteiger partial charge in [0, 0.05) is 0 Å². The number of anilines is 1. The van der Waals surface area contributed by atoms with E-state index in [1.54, 1.807) is 24.3 Å². The molecule has 1 N–H and O–H groups in total. The Hall–Kier alpha value is -4.14. The maximum absolute atomic E-state index is 12.9. The van der Waals surface area contributed by atoms with Crippen LogP contribution in [0.1, 0.15) is 12.5 Å². The SMILES string of the molecule is CCOc1ccc(N2C(=O)NC(=O)/C(=C/c3ccc(OCC(=O)[O-])cc3)C2=O)cc1. The number of aliphatic carboxylic acids is 1. The number of imide groups is 2. The Morgan fingerprint density at radius 1 is 1.00 bits per heavy atom. The van der Waals surface area contributed by atoms with Crippen molar-refractivity contribution in [2.45, 2.75) is 6.92 Å². The van der Waals surface area contributed by atoms with Crippen LogP contribution in [0.2, 0.25) is 0 Å². The van der Waals surface area contributed by atoms with Crippen molar-refractivity contribution in [2.75, 3.05) is 18.1 Å². The van der Waals surface area contributed by atoms with Gasteiger partial charge in [-0.25, -0.2) is 9.69 Å². The van der Waals surface area contributed by atoms with E-state index in [9.17, 15) is 24.3 Å². The molecule has 1 aliphatic rings. The van der Waals surface area contributed by atoms with Gasteiger partial charge in [-0.05, 0) is 55.0 Å². The van der Waals surface area contributed by atoms with Gasteiger partial charge in [-0.15, -0.1) is 0 Å². The third-order valence-electron chi connectivity index (χ3n) is 4.06. The number of carboxylic acids is 1. The van der Waals surface area contributed by atoms with E-state index in [0.717, 1.165) is 4.90 Å². The summed E-state index contributed by atoms with van der Waals surface area (Å²) in [5, 5.41) is 12.6. The minimum absolute atomic E-state index is 0.230.